The highest BCUT2D eigenvalue weighted by Crippen LogP contribution is 2.47. The Morgan fingerprint density at radius 1 is 1.14 bits per heavy atom. The Morgan fingerprint density at radius 3 is 2.41 bits per heavy atom. The molecule has 10 nitrogen and oxygen atoms in total. The van der Waals surface area contributed by atoms with Gasteiger partial charge in [0.25, 0.3) is 11.8 Å². The number of nitrogens with one attached hydrogen (secondary N) is 1. The molecule has 0 spiro atoms. The van der Waals surface area contributed by atoms with Crippen LogP contribution < -0.4 is 15.0 Å². The molecule has 0 radical (unpaired) electrons. The highest BCUT2D eigenvalue weighted by atomic mass is 19.4. The summed E-state index contributed by atoms with van der Waals surface area (Å²) >= 11 is 0. The maximum atomic E-state index is 15.1. The number of fused-ring (bicyclic) bond motifs is 1. The lowest BCUT2D eigenvalue weighted by molar-refractivity contribution is -0.138. The normalized spacial score (nSPS) is 19.7. The van der Waals surface area contributed by atoms with Crippen LogP contribution >= 0.6 is 0 Å². The number of halogens is 4. The predicted molar refractivity (Wildman–Crippen MR) is 174 cm³/mol. The standard InChI is InChI=1S/C35H44F4N4O6/c1-8-29(44)40-15-17-42-27-18-23(30(45)43(21(2)3)22-12-11-16-41(20-22)32(47)49-33(4,5)6)25(35(37,38)39)19-28(27)48-34(7,31(42)46)24-13-9-10-14-26(24)36/h9-10,13-14,18-19,21-22H,8,11-12,15-17,20H2,1-7H3,(H,40,44)/t22-,34?/m1/s1. The van der Waals surface area contributed by atoms with Gasteiger partial charge in [-0.1, -0.05) is 25.1 Å². The van der Waals surface area contributed by atoms with E-state index in [1.807, 2.05) is 0 Å². The SMILES string of the molecule is CCC(=O)NCCN1C(=O)C(C)(c2ccccc2F)Oc2cc(C(F)(F)F)c(C(=O)N(C(C)C)[C@@H]3CCCN(C(=O)OC(C)(C)C)C3)cc21. The van der Waals surface area contributed by atoms with Gasteiger partial charge >= 0.3 is 12.3 Å². The van der Waals surface area contributed by atoms with E-state index in [4.69, 9.17) is 9.47 Å². The largest absolute Gasteiger partial charge is 0.471 e. The van der Waals surface area contributed by atoms with Crippen molar-refractivity contribution in [2.75, 3.05) is 31.1 Å². The summed E-state index contributed by atoms with van der Waals surface area (Å²) in [6.07, 6.45) is -4.54. The first-order chi connectivity index (χ1) is 22.8. The summed E-state index contributed by atoms with van der Waals surface area (Å²) in [5, 5.41) is 2.64. The molecule has 4 amide bonds. The van der Waals surface area contributed by atoms with E-state index in [1.54, 1.807) is 41.5 Å². The van der Waals surface area contributed by atoms with E-state index in [1.165, 1.54) is 34.9 Å². The molecule has 1 unspecified atom stereocenters. The molecule has 1 N–H and O–H groups in total. The molecule has 49 heavy (non-hydrogen) atoms. The summed E-state index contributed by atoms with van der Waals surface area (Å²) in [6, 6.07) is 5.73. The van der Waals surface area contributed by atoms with Crippen LogP contribution in [0.1, 0.15) is 89.2 Å². The van der Waals surface area contributed by atoms with E-state index in [0.717, 1.165) is 17.0 Å². The molecule has 0 aliphatic carbocycles. The molecule has 2 aliphatic rings. The highest BCUT2D eigenvalue weighted by molar-refractivity contribution is 6.05. The molecule has 0 aromatic heterocycles. The number of ether oxygens (including phenoxy) is 2. The quantitative estimate of drug-likeness (QED) is 0.328. The molecule has 1 fully saturated rings. The number of carbonyl (C=O) groups is 4. The van der Waals surface area contributed by atoms with E-state index in [-0.39, 0.29) is 49.0 Å². The van der Waals surface area contributed by atoms with Crippen molar-refractivity contribution in [3.8, 4) is 5.75 Å². The molecule has 2 aromatic rings. The number of likely N-dealkylation sites (tertiary alicyclic amines) is 1. The maximum absolute atomic E-state index is 15.1. The molecule has 2 aliphatic heterocycles. The molecule has 4 rings (SSSR count). The molecule has 2 aromatic carbocycles. The zero-order valence-corrected chi connectivity index (χ0v) is 28.9. The van der Waals surface area contributed by atoms with Gasteiger partial charge in [0.05, 0.1) is 22.9 Å². The molecule has 268 valence electrons. The fraction of sp³-hybridized carbons (Fsp3) is 0.543. The Labute approximate surface area is 283 Å². The minimum Gasteiger partial charge on any atom is -0.471 e. The van der Waals surface area contributed by atoms with Crippen molar-refractivity contribution < 1.29 is 46.2 Å². The molecular formula is C35H44F4N4O6. The van der Waals surface area contributed by atoms with E-state index in [9.17, 15) is 32.3 Å². The van der Waals surface area contributed by atoms with Crippen molar-refractivity contribution >= 4 is 29.5 Å². The second kappa shape index (κ2) is 14.2. The van der Waals surface area contributed by atoms with Gasteiger partial charge in [0.1, 0.15) is 17.2 Å². The van der Waals surface area contributed by atoms with Gasteiger partial charge in [0.15, 0.2) is 0 Å². The zero-order valence-electron chi connectivity index (χ0n) is 28.9. The number of rotatable bonds is 8. The molecule has 2 heterocycles. The number of nitrogens with zero attached hydrogens (tertiary/aromatic N) is 3. The van der Waals surface area contributed by atoms with Crippen LogP contribution in [-0.2, 0) is 26.1 Å². The van der Waals surface area contributed by atoms with E-state index >= 15 is 4.39 Å². The Morgan fingerprint density at radius 2 is 1.82 bits per heavy atom. The fourth-order valence-corrected chi connectivity index (χ4v) is 6.21. The van der Waals surface area contributed by atoms with Crippen LogP contribution in [0, 0.1) is 5.82 Å². The number of anilines is 1. The monoisotopic (exact) mass is 692 g/mol. The topological polar surface area (TPSA) is 108 Å². The third-order valence-electron chi connectivity index (χ3n) is 8.49. The predicted octanol–water partition coefficient (Wildman–Crippen LogP) is 6.26. The summed E-state index contributed by atoms with van der Waals surface area (Å²) in [7, 11) is 0. The van der Waals surface area contributed by atoms with Gasteiger partial charge in [-0.25, -0.2) is 9.18 Å². The average molecular weight is 693 g/mol. The van der Waals surface area contributed by atoms with Crippen LogP contribution in [-0.4, -0.2) is 77.5 Å². The van der Waals surface area contributed by atoms with E-state index in [2.05, 4.69) is 5.32 Å². The number of benzene rings is 2. The Balaban J connectivity index is 1.82. The van der Waals surface area contributed by atoms with Crippen LogP contribution in [0.2, 0.25) is 0 Å². The van der Waals surface area contributed by atoms with Crippen LogP contribution in [0.5, 0.6) is 5.75 Å². The van der Waals surface area contributed by atoms with E-state index < -0.39 is 64.3 Å². The fourth-order valence-electron chi connectivity index (χ4n) is 6.21. The van der Waals surface area contributed by atoms with Crippen molar-refractivity contribution in [3.05, 3.63) is 58.9 Å². The Hall–Kier alpha value is -4.36. The number of hydrogen-bond donors (Lipinski definition) is 1. The number of alkyl halides is 3. The van der Waals surface area contributed by atoms with Crippen LogP contribution in [0.25, 0.3) is 0 Å². The third kappa shape index (κ3) is 8.10. The van der Waals surface area contributed by atoms with Gasteiger partial charge < -0.3 is 29.5 Å². The lowest BCUT2D eigenvalue weighted by Gasteiger charge is -2.43. The van der Waals surface area contributed by atoms with Gasteiger partial charge in [0, 0.05) is 44.2 Å². The van der Waals surface area contributed by atoms with Gasteiger partial charge in [0.2, 0.25) is 11.5 Å². The molecule has 2 atom stereocenters. The minimum atomic E-state index is -5.03. The summed E-state index contributed by atoms with van der Waals surface area (Å²) < 4.78 is 71.0. The van der Waals surface area contributed by atoms with E-state index in [0.29, 0.717) is 25.5 Å². The minimum absolute atomic E-state index is 0.0525. The Bertz CT molecular complexity index is 1590. The molecule has 0 bridgehead atoms. The first-order valence-corrected chi connectivity index (χ1v) is 16.4. The van der Waals surface area contributed by atoms with Gasteiger partial charge in [-0.2, -0.15) is 13.2 Å². The van der Waals surface area contributed by atoms with Gasteiger partial charge in [-0.3, -0.25) is 14.4 Å². The second-order valence-electron chi connectivity index (χ2n) is 13.7. The van der Waals surface area contributed by atoms with Gasteiger partial charge in [-0.05, 0) is 72.6 Å². The first kappa shape index (κ1) is 37.5. The van der Waals surface area contributed by atoms with Crippen molar-refractivity contribution in [1.29, 1.82) is 0 Å². The first-order valence-electron chi connectivity index (χ1n) is 16.4. The van der Waals surface area contributed by atoms with Crippen molar-refractivity contribution in [2.45, 2.75) is 97.2 Å². The van der Waals surface area contributed by atoms with Crippen LogP contribution in [0.3, 0.4) is 0 Å². The average Bonchev–Trinajstić information content (AvgIpc) is 3.01. The summed E-state index contributed by atoms with van der Waals surface area (Å²) in [6.45, 7) is 11.5. The molecule has 14 heteroatoms. The Kier molecular flexibility index (Phi) is 10.9. The number of hydrogen-bond acceptors (Lipinski definition) is 6. The summed E-state index contributed by atoms with van der Waals surface area (Å²) in [5.41, 5.74) is -5.19. The zero-order chi connectivity index (χ0) is 36.5. The van der Waals surface area contributed by atoms with Crippen molar-refractivity contribution in [1.82, 2.24) is 15.1 Å². The summed E-state index contributed by atoms with van der Waals surface area (Å²) in [5.74, 6) is -3.25. The second-order valence-corrected chi connectivity index (χ2v) is 13.7. The smallest absolute Gasteiger partial charge is 0.417 e. The lowest BCUT2D eigenvalue weighted by Crippen LogP contribution is -2.55. The third-order valence-corrected chi connectivity index (χ3v) is 8.49. The molecule has 0 saturated carbocycles. The summed E-state index contributed by atoms with van der Waals surface area (Å²) in [4.78, 5) is 57.2. The molecular weight excluding hydrogens is 648 g/mol. The number of carbonyl (C=O) groups excluding carboxylic acids is 4. The van der Waals surface area contributed by atoms with Crippen molar-refractivity contribution in [2.24, 2.45) is 0 Å². The lowest BCUT2D eigenvalue weighted by atomic mass is 9.90. The maximum Gasteiger partial charge on any atom is 0.417 e. The van der Waals surface area contributed by atoms with Gasteiger partial charge in [-0.15, -0.1) is 0 Å². The number of amides is 4. The van der Waals surface area contributed by atoms with Crippen LogP contribution in [0.15, 0.2) is 36.4 Å². The van der Waals surface area contributed by atoms with Crippen molar-refractivity contribution in [3.63, 3.8) is 0 Å². The highest BCUT2D eigenvalue weighted by Gasteiger charge is 2.49. The molecule has 1 saturated heterocycles. The van der Waals surface area contributed by atoms with Crippen LogP contribution in [0.4, 0.5) is 28.0 Å². The number of piperidine rings is 1.